The van der Waals surface area contributed by atoms with E-state index in [1.807, 2.05) is 6.07 Å². The molecule has 1 aliphatic rings. The van der Waals surface area contributed by atoms with E-state index in [2.05, 4.69) is 21.3 Å². The Morgan fingerprint density at radius 1 is 1.34 bits per heavy atom. The monoisotopic (exact) mass is 417 g/mol. The number of carbonyl (C=O) groups excluding carboxylic acids is 1. The molecule has 29 heavy (non-hydrogen) atoms. The number of carbonyl (C=O) groups is 1. The predicted molar refractivity (Wildman–Crippen MR) is 112 cm³/mol. The molecule has 0 radical (unpaired) electrons. The van der Waals surface area contributed by atoms with Crippen LogP contribution in [-0.4, -0.2) is 50.5 Å². The number of aliphatic hydroxyl groups is 1. The zero-order valence-electron chi connectivity index (χ0n) is 16.4. The Labute approximate surface area is 173 Å². The molecule has 0 saturated carbocycles. The average Bonchev–Trinajstić information content (AvgIpc) is 3.39. The zero-order chi connectivity index (χ0) is 20.5. The van der Waals surface area contributed by atoms with Gasteiger partial charge >= 0.3 is 0 Å². The van der Waals surface area contributed by atoms with Crippen molar-refractivity contribution in [2.45, 2.75) is 31.6 Å². The van der Waals surface area contributed by atoms with Gasteiger partial charge < -0.3 is 14.8 Å². The van der Waals surface area contributed by atoms with Crippen LogP contribution in [0.2, 0.25) is 0 Å². The largest absolute Gasteiger partial charge is 0.511 e. The van der Waals surface area contributed by atoms with Crippen LogP contribution in [-0.2, 0) is 34.3 Å². The maximum atomic E-state index is 11.9. The molecule has 0 bridgehead atoms. The van der Waals surface area contributed by atoms with Crippen molar-refractivity contribution in [1.82, 2.24) is 15.2 Å². The van der Waals surface area contributed by atoms with Crippen LogP contribution in [0.5, 0.6) is 0 Å². The van der Waals surface area contributed by atoms with E-state index in [0.717, 1.165) is 25.3 Å². The Bertz CT molecular complexity index is 845. The summed E-state index contributed by atoms with van der Waals surface area (Å²) in [5.41, 5.74) is 2.09. The highest BCUT2D eigenvalue weighted by atomic mass is 32.2. The number of hydrogen-bond donors (Lipinski definition) is 2. The topological polar surface area (TPSA) is 95.7 Å². The Kier molecular flexibility index (Phi) is 8.01. The summed E-state index contributed by atoms with van der Waals surface area (Å²) in [6.45, 7) is 3.22. The van der Waals surface area contributed by atoms with E-state index in [9.17, 15) is 14.1 Å². The minimum absolute atomic E-state index is 0.00422. The second-order valence-corrected chi connectivity index (χ2v) is 8.58. The molecule has 2 N–H and O–H groups in total. The van der Waals surface area contributed by atoms with Crippen molar-refractivity contribution in [3.8, 4) is 0 Å². The van der Waals surface area contributed by atoms with Gasteiger partial charge in [0.1, 0.15) is 17.3 Å². The van der Waals surface area contributed by atoms with Crippen molar-refractivity contribution >= 4 is 16.7 Å². The number of pyridine rings is 1. The molecule has 7 nitrogen and oxygen atoms in total. The summed E-state index contributed by atoms with van der Waals surface area (Å²) in [5, 5.41) is 12.6. The van der Waals surface area contributed by atoms with E-state index in [1.54, 1.807) is 24.4 Å². The molecule has 1 atom stereocenters. The van der Waals surface area contributed by atoms with Crippen LogP contribution in [0.4, 0.5) is 0 Å². The van der Waals surface area contributed by atoms with Gasteiger partial charge in [0.2, 0.25) is 5.91 Å². The van der Waals surface area contributed by atoms with Gasteiger partial charge in [0, 0.05) is 35.7 Å². The molecular formula is C21H27N3O4S. The number of furan rings is 1. The molecule has 2 aromatic rings. The number of nitrogens with one attached hydrogen (secondary N) is 1. The van der Waals surface area contributed by atoms with E-state index in [0.29, 0.717) is 12.2 Å². The van der Waals surface area contributed by atoms with Gasteiger partial charge in [-0.1, -0.05) is 0 Å². The first kappa shape index (κ1) is 21.3. The second kappa shape index (κ2) is 10.9. The quantitative estimate of drug-likeness (QED) is 0.576. The van der Waals surface area contributed by atoms with E-state index in [-0.39, 0.29) is 29.7 Å². The number of amides is 1. The first-order valence-corrected chi connectivity index (χ1v) is 11.3. The number of aromatic nitrogens is 1. The van der Waals surface area contributed by atoms with Gasteiger partial charge in [0.15, 0.2) is 0 Å². The number of hydrogen-bond acceptors (Lipinski definition) is 6. The van der Waals surface area contributed by atoms with Crippen LogP contribution in [0.1, 0.15) is 29.9 Å². The van der Waals surface area contributed by atoms with E-state index in [1.165, 1.54) is 24.7 Å². The summed E-state index contributed by atoms with van der Waals surface area (Å²) in [7, 11) is -1.35. The lowest BCUT2D eigenvalue weighted by molar-refractivity contribution is -0.118. The zero-order valence-corrected chi connectivity index (χ0v) is 17.2. The number of nitrogens with zero attached hydrogens (tertiary/aromatic N) is 2. The highest BCUT2D eigenvalue weighted by Gasteiger charge is 2.12. The third-order valence-electron chi connectivity index (χ3n) is 4.67. The SMILES string of the molecule is O=C(CS(=O)Cc1ccco1)NC/C(O)=C/Cc1cc(CN2CCCC2)ccn1. The molecule has 1 saturated heterocycles. The summed E-state index contributed by atoms with van der Waals surface area (Å²) in [6.07, 6.45) is 7.95. The van der Waals surface area contributed by atoms with Crippen molar-refractivity contribution < 1.29 is 18.5 Å². The van der Waals surface area contributed by atoms with Crippen LogP contribution in [0.25, 0.3) is 0 Å². The van der Waals surface area contributed by atoms with E-state index < -0.39 is 10.8 Å². The fraction of sp³-hybridized carbons (Fsp3) is 0.429. The minimum Gasteiger partial charge on any atom is -0.511 e. The second-order valence-electron chi connectivity index (χ2n) is 7.12. The molecule has 0 spiro atoms. The van der Waals surface area contributed by atoms with Crippen molar-refractivity contribution in [2.75, 3.05) is 25.4 Å². The molecule has 0 aliphatic carbocycles. The summed E-state index contributed by atoms with van der Waals surface area (Å²) in [4.78, 5) is 18.7. The molecule has 8 heteroatoms. The van der Waals surface area contributed by atoms with Gasteiger partial charge in [-0.05, 0) is 61.8 Å². The highest BCUT2D eigenvalue weighted by Crippen LogP contribution is 2.13. The van der Waals surface area contributed by atoms with Gasteiger partial charge in [0.05, 0.1) is 18.6 Å². The normalized spacial score (nSPS) is 16.1. The molecule has 1 aliphatic heterocycles. The summed E-state index contributed by atoms with van der Waals surface area (Å²) in [5.74, 6) is 0.330. The Balaban J connectivity index is 1.40. The lowest BCUT2D eigenvalue weighted by Crippen LogP contribution is -2.30. The smallest absolute Gasteiger partial charge is 0.233 e. The first-order valence-electron chi connectivity index (χ1n) is 9.77. The van der Waals surface area contributed by atoms with Crippen LogP contribution in [0, 0.1) is 0 Å². The van der Waals surface area contributed by atoms with Gasteiger partial charge in [-0.25, -0.2) is 0 Å². The lowest BCUT2D eigenvalue weighted by atomic mass is 10.1. The first-order chi connectivity index (χ1) is 14.1. The van der Waals surface area contributed by atoms with Crippen LogP contribution in [0.15, 0.2) is 53.0 Å². The summed E-state index contributed by atoms with van der Waals surface area (Å²) in [6, 6.07) is 7.51. The Morgan fingerprint density at radius 2 is 2.17 bits per heavy atom. The molecule has 3 heterocycles. The highest BCUT2D eigenvalue weighted by molar-refractivity contribution is 7.84. The minimum atomic E-state index is -1.35. The maximum absolute atomic E-state index is 11.9. The van der Waals surface area contributed by atoms with Crippen LogP contribution in [0.3, 0.4) is 0 Å². The predicted octanol–water partition coefficient (Wildman–Crippen LogP) is 2.32. The molecular weight excluding hydrogens is 390 g/mol. The molecule has 156 valence electrons. The molecule has 2 aromatic heterocycles. The third kappa shape index (κ3) is 7.47. The van der Waals surface area contributed by atoms with E-state index in [4.69, 9.17) is 4.42 Å². The van der Waals surface area contributed by atoms with Crippen molar-refractivity contribution in [2.24, 2.45) is 0 Å². The van der Waals surface area contributed by atoms with Gasteiger partial charge in [-0.3, -0.25) is 18.9 Å². The fourth-order valence-corrected chi connectivity index (χ4v) is 4.20. The lowest BCUT2D eigenvalue weighted by Gasteiger charge is -2.14. The molecule has 0 aromatic carbocycles. The molecule has 1 unspecified atom stereocenters. The Hall–Kier alpha value is -2.45. The number of allylic oxidation sites excluding steroid dienone is 1. The Morgan fingerprint density at radius 3 is 2.93 bits per heavy atom. The number of aliphatic hydroxyl groups excluding tert-OH is 1. The standard InChI is InChI=1S/C21H27N3O4S/c25-19(13-23-21(26)16-29(27)15-20-4-3-11-28-20)6-5-18-12-17(7-8-22-18)14-24-9-1-2-10-24/h3-4,6-8,11-12,25H,1-2,5,9-10,13-16H2,(H,23,26)/b19-6-. The summed E-state index contributed by atoms with van der Waals surface area (Å²) < 4.78 is 17.1. The van der Waals surface area contributed by atoms with Crippen molar-refractivity contribution in [3.63, 3.8) is 0 Å². The maximum Gasteiger partial charge on any atom is 0.233 e. The fourth-order valence-electron chi connectivity index (χ4n) is 3.22. The van der Waals surface area contributed by atoms with Gasteiger partial charge in [-0.15, -0.1) is 0 Å². The molecule has 1 amide bonds. The van der Waals surface area contributed by atoms with Gasteiger partial charge in [0.25, 0.3) is 0 Å². The number of likely N-dealkylation sites (tertiary alicyclic amines) is 1. The van der Waals surface area contributed by atoms with Crippen molar-refractivity contribution in [1.29, 1.82) is 0 Å². The number of rotatable bonds is 10. The van der Waals surface area contributed by atoms with Crippen LogP contribution < -0.4 is 5.32 Å². The average molecular weight is 418 g/mol. The third-order valence-corrected chi connectivity index (χ3v) is 5.87. The van der Waals surface area contributed by atoms with Crippen molar-refractivity contribution in [3.05, 3.63) is 65.6 Å². The summed E-state index contributed by atoms with van der Waals surface area (Å²) >= 11 is 0. The van der Waals surface area contributed by atoms with Crippen LogP contribution >= 0.6 is 0 Å². The van der Waals surface area contributed by atoms with Gasteiger partial charge in [-0.2, -0.15) is 0 Å². The molecule has 1 fully saturated rings. The molecule has 3 rings (SSSR count). The van der Waals surface area contributed by atoms with E-state index >= 15 is 0 Å².